The lowest BCUT2D eigenvalue weighted by Crippen LogP contribution is -2.04. The molecule has 0 nitrogen and oxygen atoms in total. The van der Waals surface area contributed by atoms with Crippen LogP contribution in [0.5, 0.6) is 0 Å². The molecule has 0 radical (unpaired) electrons. The van der Waals surface area contributed by atoms with Gasteiger partial charge in [-0.1, -0.05) is 35.4 Å². The molecule has 0 rings (SSSR count). The SMILES string of the molecule is FS(F)(F)(F)(F)CBr. The average molecular weight is 221 g/mol. The summed E-state index contributed by atoms with van der Waals surface area (Å²) in [7, 11) is -9.08. The van der Waals surface area contributed by atoms with E-state index in [-0.39, 0.29) is 0 Å². The smallest absolute Gasteiger partial charge is 0.0970 e. The van der Waals surface area contributed by atoms with E-state index in [2.05, 4.69) is 0 Å². The Balaban J connectivity index is 4.50. The fourth-order valence-corrected chi connectivity index (χ4v) is 0. The summed E-state index contributed by atoms with van der Waals surface area (Å²) in [6.07, 6.45) is 0. The van der Waals surface area contributed by atoms with Gasteiger partial charge in [0.1, 0.15) is 4.66 Å². The van der Waals surface area contributed by atoms with Crippen LogP contribution in [0.15, 0.2) is 0 Å². The van der Waals surface area contributed by atoms with Crippen molar-refractivity contribution >= 4 is 26.2 Å². The van der Waals surface area contributed by atoms with Crippen LogP contribution in [0.1, 0.15) is 0 Å². The largest absolute Gasteiger partial charge is 0.294 e. The number of hydrogen-bond acceptors (Lipinski definition) is 0. The normalized spacial score (nSPS) is 21.8. The molecule has 0 bridgehead atoms. The maximum atomic E-state index is 10.9. The van der Waals surface area contributed by atoms with E-state index < -0.39 is 14.9 Å². The van der Waals surface area contributed by atoms with E-state index in [9.17, 15) is 19.4 Å². The maximum Gasteiger partial charge on any atom is 0.294 e. The molecule has 0 aromatic rings. The van der Waals surface area contributed by atoms with Crippen molar-refractivity contribution in [2.45, 2.75) is 0 Å². The molecule has 0 aliphatic carbocycles. The zero-order valence-corrected chi connectivity index (χ0v) is 5.79. The van der Waals surface area contributed by atoms with Crippen LogP contribution in [0.2, 0.25) is 0 Å². The molecule has 0 amide bonds. The first kappa shape index (κ1) is 8.48. The zero-order valence-electron chi connectivity index (χ0n) is 3.38. The highest BCUT2D eigenvalue weighted by atomic mass is 79.9. The second kappa shape index (κ2) is 1.16. The molecule has 0 aliphatic heterocycles. The first-order chi connectivity index (χ1) is 3.04. The Morgan fingerprint density at radius 3 is 1.12 bits per heavy atom. The van der Waals surface area contributed by atoms with Crippen LogP contribution in [0.3, 0.4) is 0 Å². The molecule has 0 N–H and O–H groups in total. The van der Waals surface area contributed by atoms with E-state index in [0.29, 0.717) is 0 Å². The van der Waals surface area contributed by atoms with Crippen LogP contribution in [0.25, 0.3) is 0 Å². The quantitative estimate of drug-likeness (QED) is 0.468. The second-order valence-corrected chi connectivity index (χ2v) is 5.09. The Hall–Kier alpha value is 0.480. The Bertz CT molecular complexity index is 95.6. The first-order valence-electron chi connectivity index (χ1n) is 1.33. The molecule has 0 aromatic carbocycles. The summed E-state index contributed by atoms with van der Waals surface area (Å²) in [5.41, 5.74) is 0. The highest BCUT2D eigenvalue weighted by molar-refractivity contribution is 9.12. The molecule has 7 heteroatoms. The van der Waals surface area contributed by atoms with Crippen molar-refractivity contribution in [1.29, 1.82) is 0 Å². The summed E-state index contributed by atoms with van der Waals surface area (Å²) in [5, 5.41) is 0. The van der Waals surface area contributed by atoms with E-state index >= 15 is 0 Å². The van der Waals surface area contributed by atoms with Crippen molar-refractivity contribution in [3.63, 3.8) is 0 Å². The van der Waals surface area contributed by atoms with Gasteiger partial charge < -0.3 is 0 Å². The van der Waals surface area contributed by atoms with Crippen LogP contribution < -0.4 is 0 Å². The molecule has 0 heterocycles. The topological polar surface area (TPSA) is 0 Å². The minimum atomic E-state index is -9.08. The fourth-order valence-electron chi connectivity index (χ4n) is 0. The Kier molecular flexibility index (Phi) is 1.23. The summed E-state index contributed by atoms with van der Waals surface area (Å²) in [6, 6.07) is 0. The van der Waals surface area contributed by atoms with Crippen molar-refractivity contribution in [3.8, 4) is 0 Å². The number of halogens is 6. The Morgan fingerprint density at radius 2 is 1.12 bits per heavy atom. The molecule has 0 spiro atoms. The van der Waals surface area contributed by atoms with Crippen molar-refractivity contribution in [3.05, 3.63) is 0 Å². The summed E-state index contributed by atoms with van der Waals surface area (Å²) in [5.74, 6) is 0. The van der Waals surface area contributed by atoms with E-state index in [0.717, 1.165) is 0 Å². The summed E-state index contributed by atoms with van der Waals surface area (Å²) in [4.78, 5) is 0. The van der Waals surface area contributed by atoms with Crippen molar-refractivity contribution in [2.24, 2.45) is 0 Å². The lowest BCUT2D eigenvalue weighted by molar-refractivity contribution is 0.375. The van der Waals surface area contributed by atoms with E-state index in [1.54, 1.807) is 15.9 Å². The van der Waals surface area contributed by atoms with E-state index in [1.165, 1.54) is 0 Å². The molecule has 0 fully saturated rings. The first-order valence-corrected chi connectivity index (χ1v) is 4.57. The fraction of sp³-hybridized carbons (Fsp3) is 1.00. The van der Waals surface area contributed by atoms with Crippen molar-refractivity contribution in [1.82, 2.24) is 0 Å². The monoisotopic (exact) mass is 220 g/mol. The second-order valence-electron chi connectivity index (χ2n) is 1.24. The minimum absolute atomic E-state index is 1.66. The molecule has 54 valence electrons. The molecule has 0 atom stereocenters. The average Bonchev–Trinajstić information content (AvgIpc) is 1.30. The standard InChI is InChI=1S/CH2BrF5S/c2-1-8(3,4,5,6)7/h1H2. The molecular formula is CH2BrF5S. The third kappa shape index (κ3) is 6.48. The molecule has 8 heavy (non-hydrogen) atoms. The van der Waals surface area contributed by atoms with Crippen molar-refractivity contribution < 1.29 is 19.4 Å². The third-order valence-electron chi connectivity index (χ3n) is 0.206. The third-order valence-corrected chi connectivity index (χ3v) is 3.21. The number of hydrogen-bond donors (Lipinski definition) is 0. The Labute approximate surface area is 50.9 Å². The van der Waals surface area contributed by atoms with Gasteiger partial charge in [-0.2, -0.15) is 0 Å². The van der Waals surface area contributed by atoms with Gasteiger partial charge in [-0.15, -0.1) is 0 Å². The van der Waals surface area contributed by atoms with Crippen LogP contribution in [-0.4, -0.2) is 4.66 Å². The maximum absolute atomic E-state index is 10.9. The molecule has 0 aliphatic rings. The molecular weight excluding hydrogens is 219 g/mol. The zero-order chi connectivity index (χ0) is 7.12. The molecule has 0 saturated carbocycles. The van der Waals surface area contributed by atoms with Crippen LogP contribution in [0.4, 0.5) is 19.4 Å². The van der Waals surface area contributed by atoms with Crippen LogP contribution in [0, 0.1) is 0 Å². The predicted octanol–water partition coefficient (Wildman–Crippen LogP) is 3.64. The van der Waals surface area contributed by atoms with Gasteiger partial charge in [0.25, 0.3) is 10.2 Å². The van der Waals surface area contributed by atoms with E-state index in [1.807, 2.05) is 0 Å². The lowest BCUT2D eigenvalue weighted by atomic mass is 11.9. The predicted molar refractivity (Wildman–Crippen MR) is 26.9 cm³/mol. The van der Waals surface area contributed by atoms with Gasteiger partial charge in [0.2, 0.25) is 0 Å². The lowest BCUT2D eigenvalue weighted by Gasteiger charge is -2.38. The minimum Gasteiger partial charge on any atom is -0.0970 e. The highest BCUT2D eigenvalue weighted by Gasteiger charge is 2.62. The summed E-state index contributed by atoms with van der Waals surface area (Å²) >= 11 is 1.66. The molecule has 0 aromatic heterocycles. The van der Waals surface area contributed by atoms with Gasteiger partial charge in [-0.05, 0) is 0 Å². The molecule has 0 saturated heterocycles. The van der Waals surface area contributed by atoms with Gasteiger partial charge in [0, 0.05) is 0 Å². The van der Waals surface area contributed by atoms with Crippen molar-refractivity contribution in [2.75, 3.05) is 4.66 Å². The summed E-state index contributed by atoms with van der Waals surface area (Å²) < 4.78 is 52.3. The summed E-state index contributed by atoms with van der Waals surface area (Å²) in [6.45, 7) is 0. The highest BCUT2D eigenvalue weighted by Crippen LogP contribution is 2.98. The van der Waals surface area contributed by atoms with Gasteiger partial charge in [0.15, 0.2) is 0 Å². The van der Waals surface area contributed by atoms with Gasteiger partial charge in [-0.25, -0.2) is 0 Å². The van der Waals surface area contributed by atoms with Gasteiger partial charge in [0.05, 0.1) is 0 Å². The van der Waals surface area contributed by atoms with Gasteiger partial charge >= 0.3 is 0 Å². The van der Waals surface area contributed by atoms with Crippen LogP contribution in [-0.2, 0) is 0 Å². The number of alkyl halides is 1. The van der Waals surface area contributed by atoms with E-state index in [4.69, 9.17) is 0 Å². The van der Waals surface area contributed by atoms with Gasteiger partial charge in [-0.3, -0.25) is 0 Å². The number of rotatable bonds is 1. The Morgan fingerprint density at radius 1 is 1.00 bits per heavy atom. The molecule has 0 unspecified atom stereocenters. The van der Waals surface area contributed by atoms with Crippen LogP contribution >= 0.6 is 26.2 Å².